The number of aliphatic carboxylic acids is 1. The highest BCUT2D eigenvalue weighted by Crippen LogP contribution is 2.18. The van der Waals surface area contributed by atoms with Gasteiger partial charge in [-0.05, 0) is 27.2 Å². The average molecular weight is 454 g/mol. The van der Waals surface area contributed by atoms with Gasteiger partial charge < -0.3 is 37.9 Å². The van der Waals surface area contributed by atoms with Gasteiger partial charge in [0.05, 0.1) is 26.1 Å². The fourth-order valence-electron chi connectivity index (χ4n) is 2.63. The summed E-state index contributed by atoms with van der Waals surface area (Å²) in [5.41, 5.74) is 0. The first kappa shape index (κ1) is 28.9. The summed E-state index contributed by atoms with van der Waals surface area (Å²) >= 11 is 0. The van der Waals surface area contributed by atoms with Gasteiger partial charge in [0.25, 0.3) is 0 Å². The van der Waals surface area contributed by atoms with Crippen LogP contribution in [0.15, 0.2) is 0 Å². The number of hydrogen-bond donors (Lipinski definition) is 2. The zero-order valence-electron chi connectivity index (χ0n) is 18.8. The maximum atomic E-state index is 11.8. The molecule has 11 heteroatoms. The lowest BCUT2D eigenvalue weighted by molar-refractivity contribution is -0.154. The number of carboxylic acid groups (broad SMARTS) is 1. The molecule has 0 amide bonds. The van der Waals surface area contributed by atoms with E-state index in [0.717, 1.165) is 0 Å². The molecule has 0 spiro atoms. The zero-order chi connectivity index (χ0) is 22.7. The molecule has 0 saturated carbocycles. The molecule has 0 aromatic rings. The van der Waals surface area contributed by atoms with Gasteiger partial charge in [-0.2, -0.15) is 0 Å². The minimum absolute atomic E-state index is 0.172. The summed E-state index contributed by atoms with van der Waals surface area (Å²) in [6, 6.07) is 0.637. The highest BCUT2D eigenvalue weighted by atomic mass is 28.4. The molecular weight excluding hydrogens is 414 g/mol. The van der Waals surface area contributed by atoms with Crippen LogP contribution in [0.4, 0.5) is 0 Å². The average Bonchev–Trinajstić information content (AvgIpc) is 2.69. The number of ether oxygens (including phenoxy) is 3. The first-order valence-corrected chi connectivity index (χ1v) is 12.5. The van der Waals surface area contributed by atoms with E-state index in [-0.39, 0.29) is 19.4 Å². The van der Waals surface area contributed by atoms with E-state index >= 15 is 0 Å². The van der Waals surface area contributed by atoms with Crippen molar-refractivity contribution in [3.63, 3.8) is 0 Å². The predicted molar refractivity (Wildman–Crippen MR) is 112 cm³/mol. The van der Waals surface area contributed by atoms with Crippen molar-refractivity contribution in [1.82, 2.24) is 5.32 Å². The summed E-state index contributed by atoms with van der Waals surface area (Å²) in [6.45, 7) is 9.46. The summed E-state index contributed by atoms with van der Waals surface area (Å²) in [6.07, 6.45) is -0.267. The molecule has 0 aliphatic carbocycles. The highest BCUT2D eigenvalue weighted by Gasteiger charge is 2.39. The molecule has 0 radical (unpaired) electrons. The molecule has 0 rings (SSSR count). The van der Waals surface area contributed by atoms with Crippen molar-refractivity contribution in [1.29, 1.82) is 0 Å². The van der Waals surface area contributed by atoms with Crippen molar-refractivity contribution in [2.45, 2.75) is 52.2 Å². The molecule has 0 heterocycles. The second-order valence-electron chi connectivity index (χ2n) is 6.36. The lowest BCUT2D eigenvalue weighted by Crippen LogP contribution is -2.46. The van der Waals surface area contributed by atoms with E-state index in [4.69, 9.17) is 32.6 Å². The molecule has 0 fully saturated rings. The molecule has 0 bridgehead atoms. The quantitative estimate of drug-likeness (QED) is 0.150. The number of carbonyl (C=O) groups excluding carboxylic acids is 1. The number of carboxylic acids is 1. The first-order chi connectivity index (χ1) is 14.4. The van der Waals surface area contributed by atoms with Crippen molar-refractivity contribution in [2.75, 3.05) is 59.8 Å². The van der Waals surface area contributed by atoms with Gasteiger partial charge in [0, 0.05) is 52.7 Å². The summed E-state index contributed by atoms with van der Waals surface area (Å²) in [7, 11) is -1.10. The van der Waals surface area contributed by atoms with Crippen LogP contribution in [0, 0.1) is 0 Å². The third-order valence-corrected chi connectivity index (χ3v) is 7.02. The lowest BCUT2D eigenvalue weighted by Gasteiger charge is -2.28. The second-order valence-corrected chi connectivity index (χ2v) is 9.10. The Kier molecular flexibility index (Phi) is 18.0. The number of carbonyl (C=O) groups is 2. The molecule has 178 valence electrons. The van der Waals surface area contributed by atoms with Crippen LogP contribution >= 0.6 is 0 Å². The van der Waals surface area contributed by atoms with E-state index in [1.165, 1.54) is 0 Å². The van der Waals surface area contributed by atoms with E-state index in [1.807, 2.05) is 20.8 Å². The molecule has 0 aromatic heterocycles. The van der Waals surface area contributed by atoms with Gasteiger partial charge in [0.2, 0.25) is 0 Å². The lowest BCUT2D eigenvalue weighted by atomic mass is 10.3. The topological polar surface area (TPSA) is 122 Å². The van der Waals surface area contributed by atoms with Crippen LogP contribution in [0.5, 0.6) is 0 Å². The number of esters is 1. The molecule has 1 unspecified atom stereocenters. The van der Waals surface area contributed by atoms with Crippen LogP contribution in [0.2, 0.25) is 6.04 Å². The van der Waals surface area contributed by atoms with Crippen molar-refractivity contribution in [2.24, 2.45) is 0 Å². The molecule has 0 aromatic carbocycles. The Bertz CT molecular complexity index is 437. The Morgan fingerprint density at radius 2 is 1.63 bits per heavy atom. The van der Waals surface area contributed by atoms with Gasteiger partial charge in [-0.25, -0.2) is 0 Å². The zero-order valence-corrected chi connectivity index (χ0v) is 19.8. The fraction of sp³-hybridized carbons (Fsp3) is 0.895. The normalized spacial score (nSPS) is 12.7. The molecule has 30 heavy (non-hydrogen) atoms. The number of rotatable bonds is 21. The van der Waals surface area contributed by atoms with Crippen molar-refractivity contribution >= 4 is 20.7 Å². The van der Waals surface area contributed by atoms with Crippen LogP contribution in [0.1, 0.15) is 40.0 Å². The summed E-state index contributed by atoms with van der Waals surface area (Å²) < 4.78 is 33.5. The Labute approximate surface area is 180 Å². The molecule has 2 N–H and O–H groups in total. The maximum Gasteiger partial charge on any atom is 0.501 e. The van der Waals surface area contributed by atoms with Crippen LogP contribution < -0.4 is 5.32 Å². The molecule has 0 saturated heterocycles. The minimum atomic E-state index is -2.70. The fourth-order valence-corrected chi connectivity index (χ4v) is 5.21. The van der Waals surface area contributed by atoms with E-state index in [1.54, 1.807) is 7.11 Å². The molecule has 0 aliphatic heterocycles. The van der Waals surface area contributed by atoms with Crippen LogP contribution in [0.3, 0.4) is 0 Å². The molecular formula is C19H39NO9Si. The Morgan fingerprint density at radius 3 is 2.17 bits per heavy atom. The Morgan fingerprint density at radius 1 is 1.00 bits per heavy atom. The van der Waals surface area contributed by atoms with Crippen molar-refractivity contribution < 1.29 is 42.2 Å². The standard InChI is InChI=1S/C19H39NO9Si/c1-5-26-30(27-6-2,28-7-3)14-8-12-25-16-17(15-20-11-13-24-4)29-19(23)10-9-18(21)22/h17,20H,5-16H2,1-4H3,(H,21,22). The smallest absolute Gasteiger partial charge is 0.481 e. The number of nitrogens with one attached hydrogen (secondary N) is 1. The summed E-state index contributed by atoms with van der Waals surface area (Å²) in [5, 5.41) is 11.8. The third-order valence-electron chi connectivity index (χ3n) is 3.86. The Balaban J connectivity index is 4.47. The van der Waals surface area contributed by atoms with Crippen LogP contribution in [-0.4, -0.2) is 91.8 Å². The Hall–Kier alpha value is -1.08. The third kappa shape index (κ3) is 14.8. The summed E-state index contributed by atoms with van der Waals surface area (Å²) in [4.78, 5) is 22.5. The molecule has 10 nitrogen and oxygen atoms in total. The van der Waals surface area contributed by atoms with Crippen molar-refractivity contribution in [3.8, 4) is 0 Å². The van der Waals surface area contributed by atoms with Crippen LogP contribution in [-0.2, 0) is 37.1 Å². The van der Waals surface area contributed by atoms with E-state index < -0.39 is 26.8 Å². The van der Waals surface area contributed by atoms with Crippen LogP contribution in [0.25, 0.3) is 0 Å². The SMILES string of the molecule is CCO[Si](CCCOCC(CNCCOC)OC(=O)CCC(=O)O)(OCC)OCC. The molecule has 0 aliphatic rings. The van der Waals surface area contributed by atoms with Gasteiger partial charge in [0.1, 0.15) is 6.10 Å². The monoisotopic (exact) mass is 453 g/mol. The van der Waals surface area contributed by atoms with E-state index in [2.05, 4.69) is 5.32 Å². The molecule has 1 atom stereocenters. The number of methoxy groups -OCH3 is 1. The minimum Gasteiger partial charge on any atom is -0.481 e. The van der Waals surface area contributed by atoms with E-state index in [9.17, 15) is 9.59 Å². The number of hydrogen-bond acceptors (Lipinski definition) is 9. The second kappa shape index (κ2) is 18.7. The highest BCUT2D eigenvalue weighted by molar-refractivity contribution is 6.60. The predicted octanol–water partition coefficient (Wildman–Crippen LogP) is 1.45. The largest absolute Gasteiger partial charge is 0.501 e. The first-order valence-electron chi connectivity index (χ1n) is 10.5. The summed E-state index contributed by atoms with van der Waals surface area (Å²) in [5.74, 6) is -1.60. The van der Waals surface area contributed by atoms with Gasteiger partial charge in [-0.15, -0.1) is 0 Å². The van der Waals surface area contributed by atoms with Gasteiger partial charge >= 0.3 is 20.7 Å². The van der Waals surface area contributed by atoms with Gasteiger partial charge in [-0.3, -0.25) is 9.59 Å². The van der Waals surface area contributed by atoms with E-state index in [0.29, 0.717) is 58.6 Å². The van der Waals surface area contributed by atoms with Gasteiger partial charge in [-0.1, -0.05) is 0 Å². The maximum absolute atomic E-state index is 11.8. The van der Waals surface area contributed by atoms with Crippen molar-refractivity contribution in [3.05, 3.63) is 0 Å². The van der Waals surface area contributed by atoms with Gasteiger partial charge in [0.15, 0.2) is 0 Å².